The Bertz CT molecular complexity index is 1070. The van der Waals surface area contributed by atoms with Gasteiger partial charge < -0.3 is 14.6 Å². The summed E-state index contributed by atoms with van der Waals surface area (Å²) in [5.74, 6) is -5.22. The molecule has 1 aliphatic carbocycles. The standard InChI is InChI=1S/C23H20O6S/c1-3-28-22(26)23(27)12-17(13-8-10-14(30-2)11-9-13)18-19(24)15-6-4-5-7-16(15)20(25)21(18)29-23/h4-11,17,27H,3,12H2,1-2H3/t17-,23?/m1/s1. The van der Waals surface area contributed by atoms with Gasteiger partial charge in [-0.2, -0.15) is 0 Å². The van der Waals surface area contributed by atoms with Gasteiger partial charge in [0.1, 0.15) is 0 Å². The van der Waals surface area contributed by atoms with Gasteiger partial charge in [-0.3, -0.25) is 9.59 Å². The summed E-state index contributed by atoms with van der Waals surface area (Å²) in [6, 6.07) is 13.9. The maximum absolute atomic E-state index is 13.3. The number of aliphatic hydroxyl groups is 1. The monoisotopic (exact) mass is 424 g/mol. The summed E-state index contributed by atoms with van der Waals surface area (Å²) in [5.41, 5.74) is 1.33. The minimum absolute atomic E-state index is 0.0409. The number of carbonyl (C=O) groups is 3. The van der Waals surface area contributed by atoms with Gasteiger partial charge in [-0.15, -0.1) is 11.8 Å². The van der Waals surface area contributed by atoms with Crippen LogP contribution in [0, 0.1) is 0 Å². The van der Waals surface area contributed by atoms with E-state index >= 15 is 0 Å². The number of fused-ring (bicyclic) bond motifs is 1. The first-order valence-electron chi connectivity index (χ1n) is 9.54. The van der Waals surface area contributed by atoms with Gasteiger partial charge >= 0.3 is 11.8 Å². The molecule has 0 radical (unpaired) electrons. The predicted octanol–water partition coefficient (Wildman–Crippen LogP) is 3.50. The van der Waals surface area contributed by atoms with Gasteiger partial charge in [0.2, 0.25) is 5.78 Å². The second kappa shape index (κ2) is 7.74. The van der Waals surface area contributed by atoms with Gasteiger partial charge in [-0.25, -0.2) is 4.79 Å². The molecule has 30 heavy (non-hydrogen) atoms. The minimum atomic E-state index is -2.36. The molecule has 0 saturated carbocycles. The van der Waals surface area contributed by atoms with Crippen molar-refractivity contribution in [3.05, 3.63) is 76.6 Å². The van der Waals surface area contributed by atoms with Crippen molar-refractivity contribution in [1.82, 2.24) is 0 Å². The van der Waals surface area contributed by atoms with Gasteiger partial charge in [0.25, 0.3) is 0 Å². The second-order valence-corrected chi connectivity index (χ2v) is 7.96. The number of ether oxygens (including phenoxy) is 2. The van der Waals surface area contributed by atoms with Gasteiger partial charge in [-0.1, -0.05) is 36.4 Å². The van der Waals surface area contributed by atoms with Crippen molar-refractivity contribution in [3.63, 3.8) is 0 Å². The molecule has 1 aliphatic heterocycles. The Hall–Kier alpha value is -2.90. The quantitative estimate of drug-likeness (QED) is 0.593. The topological polar surface area (TPSA) is 89.9 Å². The molecule has 1 N–H and O–H groups in total. The molecule has 1 unspecified atom stereocenters. The van der Waals surface area contributed by atoms with Crippen LogP contribution in [-0.4, -0.2) is 41.3 Å². The highest BCUT2D eigenvalue weighted by atomic mass is 32.2. The lowest BCUT2D eigenvalue weighted by Crippen LogP contribution is -2.49. The second-order valence-electron chi connectivity index (χ2n) is 7.08. The number of hydrogen-bond acceptors (Lipinski definition) is 7. The Morgan fingerprint density at radius 3 is 2.37 bits per heavy atom. The predicted molar refractivity (Wildman–Crippen MR) is 110 cm³/mol. The number of esters is 1. The number of benzene rings is 2. The summed E-state index contributed by atoms with van der Waals surface area (Å²) in [6.45, 7) is 1.65. The highest BCUT2D eigenvalue weighted by Gasteiger charge is 2.53. The van der Waals surface area contributed by atoms with Crippen molar-refractivity contribution in [3.8, 4) is 0 Å². The van der Waals surface area contributed by atoms with Crippen LogP contribution in [0.5, 0.6) is 0 Å². The molecule has 2 atom stereocenters. The molecule has 2 aromatic carbocycles. The summed E-state index contributed by atoms with van der Waals surface area (Å²) in [4.78, 5) is 40.0. The van der Waals surface area contributed by atoms with E-state index in [1.807, 2.05) is 30.5 Å². The zero-order chi connectivity index (χ0) is 21.5. The molecule has 2 aliphatic rings. The van der Waals surface area contributed by atoms with Gasteiger partial charge in [0.05, 0.1) is 12.2 Å². The lowest BCUT2D eigenvalue weighted by molar-refractivity contribution is -0.220. The van der Waals surface area contributed by atoms with Crippen LogP contribution >= 0.6 is 11.8 Å². The molecule has 0 fully saturated rings. The van der Waals surface area contributed by atoms with E-state index in [1.165, 1.54) is 6.07 Å². The van der Waals surface area contributed by atoms with Crippen LogP contribution in [0.3, 0.4) is 0 Å². The molecule has 0 saturated heterocycles. The third-order valence-electron chi connectivity index (χ3n) is 5.32. The lowest BCUT2D eigenvalue weighted by atomic mass is 9.75. The number of allylic oxidation sites excluding steroid dienone is 2. The molecular formula is C23H20O6S. The fourth-order valence-electron chi connectivity index (χ4n) is 3.87. The molecular weight excluding hydrogens is 404 g/mol. The first-order chi connectivity index (χ1) is 14.4. The zero-order valence-corrected chi connectivity index (χ0v) is 17.3. The Morgan fingerprint density at radius 1 is 1.13 bits per heavy atom. The fourth-order valence-corrected chi connectivity index (χ4v) is 4.28. The van der Waals surface area contributed by atoms with E-state index in [-0.39, 0.29) is 41.3 Å². The Balaban J connectivity index is 1.88. The third kappa shape index (κ3) is 3.24. The number of Topliss-reactive ketones (excluding diaryl/α,β-unsaturated/α-hetero) is 2. The van der Waals surface area contributed by atoms with E-state index in [9.17, 15) is 19.5 Å². The number of thioether (sulfide) groups is 1. The summed E-state index contributed by atoms with van der Waals surface area (Å²) >= 11 is 1.57. The van der Waals surface area contributed by atoms with Crippen molar-refractivity contribution in [2.45, 2.75) is 29.9 Å². The number of rotatable bonds is 4. The largest absolute Gasteiger partial charge is 0.461 e. The highest BCUT2D eigenvalue weighted by Crippen LogP contribution is 2.46. The molecule has 0 aromatic heterocycles. The van der Waals surface area contributed by atoms with E-state index in [0.29, 0.717) is 5.56 Å². The maximum Gasteiger partial charge on any atom is 0.379 e. The van der Waals surface area contributed by atoms with Gasteiger partial charge in [0, 0.05) is 28.4 Å². The van der Waals surface area contributed by atoms with Crippen molar-refractivity contribution in [2.24, 2.45) is 0 Å². The molecule has 0 amide bonds. The maximum atomic E-state index is 13.3. The van der Waals surface area contributed by atoms with Crippen LogP contribution in [0.25, 0.3) is 0 Å². The number of hydrogen-bond donors (Lipinski definition) is 1. The van der Waals surface area contributed by atoms with Crippen molar-refractivity contribution in [1.29, 1.82) is 0 Å². The third-order valence-corrected chi connectivity index (χ3v) is 6.07. The Kier molecular flexibility index (Phi) is 5.26. The van der Waals surface area contributed by atoms with E-state index in [4.69, 9.17) is 9.47 Å². The summed E-state index contributed by atoms with van der Waals surface area (Å²) in [7, 11) is 0. The van der Waals surface area contributed by atoms with E-state index in [1.54, 1.807) is 36.9 Å². The van der Waals surface area contributed by atoms with Crippen molar-refractivity contribution >= 4 is 29.3 Å². The minimum Gasteiger partial charge on any atom is -0.461 e. The smallest absolute Gasteiger partial charge is 0.379 e. The average molecular weight is 424 g/mol. The fraction of sp³-hybridized carbons (Fsp3) is 0.261. The van der Waals surface area contributed by atoms with E-state index < -0.39 is 23.5 Å². The molecule has 1 heterocycles. The number of ketones is 2. The van der Waals surface area contributed by atoms with Gasteiger partial charge in [0.15, 0.2) is 11.5 Å². The number of carbonyl (C=O) groups excluding carboxylic acids is 3. The zero-order valence-electron chi connectivity index (χ0n) is 16.5. The lowest BCUT2D eigenvalue weighted by Gasteiger charge is -2.39. The van der Waals surface area contributed by atoms with Crippen LogP contribution in [0.2, 0.25) is 0 Å². The van der Waals surface area contributed by atoms with Crippen molar-refractivity contribution < 1.29 is 29.0 Å². The summed E-state index contributed by atoms with van der Waals surface area (Å²) in [6.07, 6.45) is 1.72. The Morgan fingerprint density at radius 2 is 1.77 bits per heavy atom. The first kappa shape index (κ1) is 20.4. The molecule has 0 bridgehead atoms. The molecule has 0 spiro atoms. The first-order valence-corrected chi connectivity index (χ1v) is 10.8. The highest BCUT2D eigenvalue weighted by molar-refractivity contribution is 7.98. The van der Waals surface area contributed by atoms with Crippen LogP contribution in [0.15, 0.2) is 64.8 Å². The molecule has 6 nitrogen and oxygen atoms in total. The molecule has 7 heteroatoms. The Labute approximate surface area is 177 Å². The van der Waals surface area contributed by atoms with E-state index in [2.05, 4.69) is 0 Å². The SMILES string of the molecule is CCOC(=O)C1(O)C[C@H](c2ccc(SC)cc2)C2=C(O1)C(=O)c1ccccc1C2=O. The normalized spacial score (nSPS) is 22.8. The van der Waals surface area contributed by atoms with Gasteiger partial charge in [-0.05, 0) is 30.9 Å². The van der Waals surface area contributed by atoms with E-state index in [0.717, 1.165) is 4.90 Å². The molecule has 4 rings (SSSR count). The average Bonchev–Trinajstić information content (AvgIpc) is 2.77. The van der Waals surface area contributed by atoms with Crippen LogP contribution < -0.4 is 0 Å². The molecule has 2 aromatic rings. The van der Waals surface area contributed by atoms with Crippen LogP contribution in [0.1, 0.15) is 45.5 Å². The summed E-state index contributed by atoms with van der Waals surface area (Å²) in [5, 5.41) is 11.0. The van der Waals surface area contributed by atoms with Crippen LogP contribution in [-0.2, 0) is 14.3 Å². The van der Waals surface area contributed by atoms with Crippen molar-refractivity contribution in [2.75, 3.05) is 12.9 Å². The summed E-state index contributed by atoms with van der Waals surface area (Å²) < 4.78 is 10.5. The molecule has 154 valence electrons. The van der Waals surface area contributed by atoms with Crippen LogP contribution in [0.4, 0.5) is 0 Å².